The Labute approximate surface area is 191 Å². The lowest BCUT2D eigenvalue weighted by Crippen LogP contribution is -2.34. The van der Waals surface area contributed by atoms with Gasteiger partial charge in [0.1, 0.15) is 5.75 Å². The zero-order chi connectivity index (χ0) is 22.9. The van der Waals surface area contributed by atoms with E-state index < -0.39 is 0 Å². The molecule has 0 saturated carbocycles. The Bertz CT molecular complexity index is 909. The molecule has 0 aliphatic carbocycles. The van der Waals surface area contributed by atoms with Crippen molar-refractivity contribution < 1.29 is 19.0 Å². The second-order valence-corrected chi connectivity index (χ2v) is 8.21. The molecule has 1 amide bonds. The molecule has 1 aliphatic heterocycles. The summed E-state index contributed by atoms with van der Waals surface area (Å²) in [6, 6.07) is 13.9. The highest BCUT2D eigenvalue weighted by molar-refractivity contribution is 5.91. The number of methoxy groups -OCH3 is 2. The average Bonchev–Trinajstić information content (AvgIpc) is 3.04. The fourth-order valence-electron chi connectivity index (χ4n) is 3.75. The molecule has 32 heavy (non-hydrogen) atoms. The van der Waals surface area contributed by atoms with Crippen molar-refractivity contribution in [3.63, 3.8) is 0 Å². The van der Waals surface area contributed by atoms with Gasteiger partial charge in [-0.15, -0.1) is 0 Å². The highest BCUT2D eigenvalue weighted by Gasteiger charge is 2.18. The van der Waals surface area contributed by atoms with Gasteiger partial charge in [-0.05, 0) is 61.7 Å². The van der Waals surface area contributed by atoms with Crippen LogP contribution in [0.4, 0.5) is 0 Å². The topological polar surface area (TPSA) is 51.2 Å². The van der Waals surface area contributed by atoms with Gasteiger partial charge in [0, 0.05) is 38.8 Å². The second kappa shape index (κ2) is 11.6. The number of carbonyl (C=O) groups excluding carboxylic acids is 1. The number of nitrogens with zero attached hydrogens (tertiary/aromatic N) is 2. The summed E-state index contributed by atoms with van der Waals surface area (Å²) < 4.78 is 16.4. The third-order valence-corrected chi connectivity index (χ3v) is 5.43. The minimum absolute atomic E-state index is 0.0396. The van der Waals surface area contributed by atoms with Crippen molar-refractivity contribution in [2.24, 2.45) is 0 Å². The van der Waals surface area contributed by atoms with Crippen LogP contribution < -0.4 is 14.2 Å². The van der Waals surface area contributed by atoms with Gasteiger partial charge in [-0.2, -0.15) is 0 Å². The first-order valence-electron chi connectivity index (χ1n) is 11.2. The van der Waals surface area contributed by atoms with Crippen molar-refractivity contribution >= 4 is 12.0 Å². The molecule has 0 bridgehead atoms. The Kier molecular flexibility index (Phi) is 8.56. The van der Waals surface area contributed by atoms with Crippen molar-refractivity contribution in [1.29, 1.82) is 0 Å². The number of carbonyl (C=O) groups is 1. The first-order chi connectivity index (χ1) is 15.5. The Morgan fingerprint density at radius 2 is 1.75 bits per heavy atom. The molecule has 3 rings (SSSR count). The molecule has 2 aromatic carbocycles. The third kappa shape index (κ3) is 6.76. The van der Waals surface area contributed by atoms with Crippen LogP contribution >= 0.6 is 0 Å². The summed E-state index contributed by atoms with van der Waals surface area (Å²) in [5.74, 6) is 2.28. The number of rotatable bonds is 8. The van der Waals surface area contributed by atoms with E-state index in [2.05, 4.69) is 17.0 Å². The molecule has 1 aliphatic rings. The lowest BCUT2D eigenvalue weighted by atomic mass is 10.2. The summed E-state index contributed by atoms with van der Waals surface area (Å²) in [5, 5.41) is 0. The Balaban J connectivity index is 1.55. The summed E-state index contributed by atoms with van der Waals surface area (Å²) in [4.78, 5) is 17.1. The first-order valence-corrected chi connectivity index (χ1v) is 11.2. The maximum Gasteiger partial charge on any atom is 0.246 e. The standard InChI is InChI=1S/C26H34N2O4/c1-20(2)32-24-12-8-21(18-25(24)31-4)9-13-26(29)28-15-5-14-27(16-17-28)19-22-6-10-23(30-3)11-7-22/h6-13,18,20H,5,14-17,19H2,1-4H3/b13-9+. The molecule has 6 nitrogen and oxygen atoms in total. The summed E-state index contributed by atoms with van der Waals surface area (Å²) in [6.45, 7) is 8.17. The number of ether oxygens (including phenoxy) is 3. The van der Waals surface area contributed by atoms with Crippen LogP contribution in [0.3, 0.4) is 0 Å². The molecule has 0 spiro atoms. The van der Waals surface area contributed by atoms with Gasteiger partial charge in [-0.25, -0.2) is 0 Å². The fourth-order valence-corrected chi connectivity index (χ4v) is 3.75. The van der Waals surface area contributed by atoms with Gasteiger partial charge in [0.2, 0.25) is 5.91 Å². The normalized spacial score (nSPS) is 15.1. The molecule has 0 radical (unpaired) electrons. The van der Waals surface area contributed by atoms with Crippen LogP contribution in [0.1, 0.15) is 31.4 Å². The predicted octanol–water partition coefficient (Wildman–Crippen LogP) is 4.24. The molecule has 2 aromatic rings. The van der Waals surface area contributed by atoms with Crippen LogP contribution in [0.25, 0.3) is 6.08 Å². The summed E-state index contributed by atoms with van der Waals surface area (Å²) >= 11 is 0. The van der Waals surface area contributed by atoms with E-state index in [-0.39, 0.29) is 12.0 Å². The van der Waals surface area contributed by atoms with Crippen molar-refractivity contribution in [2.75, 3.05) is 40.4 Å². The van der Waals surface area contributed by atoms with E-state index in [0.717, 1.165) is 50.5 Å². The maximum absolute atomic E-state index is 12.8. The van der Waals surface area contributed by atoms with Crippen LogP contribution in [0.5, 0.6) is 17.2 Å². The van der Waals surface area contributed by atoms with Crippen molar-refractivity contribution in [3.05, 3.63) is 59.7 Å². The lowest BCUT2D eigenvalue weighted by Gasteiger charge is -2.21. The van der Waals surface area contributed by atoms with E-state index in [4.69, 9.17) is 14.2 Å². The van der Waals surface area contributed by atoms with E-state index in [1.165, 1.54) is 5.56 Å². The van der Waals surface area contributed by atoms with Crippen LogP contribution in [-0.4, -0.2) is 62.2 Å². The van der Waals surface area contributed by atoms with Gasteiger partial charge in [-0.3, -0.25) is 9.69 Å². The van der Waals surface area contributed by atoms with Crippen LogP contribution in [0.15, 0.2) is 48.5 Å². The average molecular weight is 439 g/mol. The van der Waals surface area contributed by atoms with Gasteiger partial charge >= 0.3 is 0 Å². The van der Waals surface area contributed by atoms with Gasteiger partial charge < -0.3 is 19.1 Å². The van der Waals surface area contributed by atoms with Gasteiger partial charge in [-0.1, -0.05) is 18.2 Å². The van der Waals surface area contributed by atoms with Gasteiger partial charge in [0.15, 0.2) is 11.5 Å². The molecular weight excluding hydrogens is 404 g/mol. The quantitative estimate of drug-likeness (QED) is 0.577. The minimum Gasteiger partial charge on any atom is -0.497 e. The van der Waals surface area contributed by atoms with Crippen molar-refractivity contribution in [2.45, 2.75) is 32.9 Å². The molecule has 1 saturated heterocycles. The molecule has 1 heterocycles. The van der Waals surface area contributed by atoms with Gasteiger partial charge in [0.25, 0.3) is 0 Å². The largest absolute Gasteiger partial charge is 0.497 e. The molecule has 0 N–H and O–H groups in total. The smallest absolute Gasteiger partial charge is 0.246 e. The zero-order valence-electron chi connectivity index (χ0n) is 19.5. The highest BCUT2D eigenvalue weighted by atomic mass is 16.5. The Morgan fingerprint density at radius 1 is 0.969 bits per heavy atom. The molecular formula is C26H34N2O4. The zero-order valence-corrected chi connectivity index (χ0v) is 19.5. The number of hydrogen-bond donors (Lipinski definition) is 0. The van der Waals surface area contributed by atoms with Crippen LogP contribution in [0.2, 0.25) is 0 Å². The van der Waals surface area contributed by atoms with E-state index in [1.54, 1.807) is 20.3 Å². The van der Waals surface area contributed by atoms with Crippen LogP contribution in [-0.2, 0) is 11.3 Å². The summed E-state index contributed by atoms with van der Waals surface area (Å²) in [5.41, 5.74) is 2.16. The van der Waals surface area contributed by atoms with Crippen LogP contribution in [0, 0.1) is 0 Å². The summed E-state index contributed by atoms with van der Waals surface area (Å²) in [6.07, 6.45) is 4.52. The SMILES string of the molecule is COc1ccc(CN2CCCN(C(=O)/C=C/c3ccc(OC(C)C)c(OC)c3)CC2)cc1. The number of benzene rings is 2. The molecule has 172 valence electrons. The number of amides is 1. The molecule has 0 aromatic heterocycles. The predicted molar refractivity (Wildman–Crippen MR) is 127 cm³/mol. The van der Waals surface area contributed by atoms with Gasteiger partial charge in [0.05, 0.1) is 20.3 Å². The van der Waals surface area contributed by atoms with Crippen molar-refractivity contribution in [3.8, 4) is 17.2 Å². The third-order valence-electron chi connectivity index (χ3n) is 5.43. The maximum atomic E-state index is 12.8. The van der Waals surface area contributed by atoms with E-state index >= 15 is 0 Å². The van der Waals surface area contributed by atoms with E-state index in [9.17, 15) is 4.79 Å². The minimum atomic E-state index is 0.0396. The van der Waals surface area contributed by atoms with Crippen molar-refractivity contribution in [1.82, 2.24) is 9.80 Å². The Hall–Kier alpha value is -2.99. The fraction of sp³-hybridized carbons (Fsp3) is 0.423. The highest BCUT2D eigenvalue weighted by Crippen LogP contribution is 2.29. The first kappa shape index (κ1) is 23.7. The molecule has 0 atom stereocenters. The number of hydrogen-bond acceptors (Lipinski definition) is 5. The van der Waals surface area contributed by atoms with E-state index in [0.29, 0.717) is 11.5 Å². The summed E-state index contributed by atoms with van der Waals surface area (Å²) in [7, 11) is 3.30. The molecule has 1 fully saturated rings. The lowest BCUT2D eigenvalue weighted by molar-refractivity contribution is -0.125. The molecule has 0 unspecified atom stereocenters. The monoisotopic (exact) mass is 438 g/mol. The van der Waals surface area contributed by atoms with E-state index in [1.807, 2.05) is 55.2 Å². The Morgan fingerprint density at radius 3 is 2.44 bits per heavy atom. The second-order valence-electron chi connectivity index (χ2n) is 8.21. The molecule has 6 heteroatoms.